The lowest BCUT2D eigenvalue weighted by atomic mass is 10.1. The molecular weight excluding hydrogens is 181 g/mol. The molecule has 0 bridgehead atoms. The Kier molecular flexibility index (Phi) is 3.15. The first-order chi connectivity index (χ1) is 6.05. The minimum absolute atomic E-state index is 0.387. The van der Waals surface area contributed by atoms with Gasteiger partial charge >= 0.3 is 6.18 Å². The van der Waals surface area contributed by atoms with E-state index >= 15 is 0 Å². The third kappa shape index (κ3) is 2.59. The van der Waals surface area contributed by atoms with Crippen LogP contribution >= 0.6 is 0 Å². The lowest BCUT2D eigenvalue weighted by Gasteiger charge is -2.31. The summed E-state index contributed by atoms with van der Waals surface area (Å²) in [6.45, 7) is 0.773. The zero-order chi connectivity index (χ0) is 9.90. The number of alkyl halides is 3. The molecule has 1 saturated heterocycles. The van der Waals surface area contributed by atoms with Gasteiger partial charge in [0.25, 0.3) is 0 Å². The summed E-state index contributed by atoms with van der Waals surface area (Å²) in [6.07, 6.45) is -1.93. The fourth-order valence-corrected chi connectivity index (χ4v) is 1.54. The number of nitriles is 1. The van der Waals surface area contributed by atoms with Crippen LogP contribution in [-0.2, 0) is 0 Å². The average Bonchev–Trinajstić information content (AvgIpc) is 2.05. The highest BCUT2D eigenvalue weighted by Gasteiger charge is 2.44. The fraction of sp³-hybridized carbons (Fsp3) is 0.875. The third-order valence-corrected chi connectivity index (χ3v) is 2.19. The number of rotatable bonds is 1. The highest BCUT2D eigenvalue weighted by atomic mass is 19.4. The summed E-state index contributed by atoms with van der Waals surface area (Å²) in [6, 6.07) is -0.597. The van der Waals surface area contributed by atoms with Gasteiger partial charge < -0.3 is 0 Å². The Morgan fingerprint density at radius 3 is 2.08 bits per heavy atom. The summed E-state index contributed by atoms with van der Waals surface area (Å²) >= 11 is 0. The minimum Gasteiger partial charge on any atom is -0.280 e. The molecule has 0 aromatic carbocycles. The fourth-order valence-electron chi connectivity index (χ4n) is 1.54. The van der Waals surface area contributed by atoms with E-state index in [9.17, 15) is 13.2 Å². The standard InChI is InChI=1S/C8H11F3N2/c9-8(10,11)7(6-12)13-4-2-1-3-5-13/h7H,1-5H2. The topological polar surface area (TPSA) is 27.0 Å². The molecule has 0 spiro atoms. The Bertz CT molecular complexity index is 200. The second kappa shape index (κ2) is 3.97. The third-order valence-electron chi connectivity index (χ3n) is 2.19. The van der Waals surface area contributed by atoms with Crippen LogP contribution in [0.5, 0.6) is 0 Å². The van der Waals surface area contributed by atoms with E-state index in [0.29, 0.717) is 13.1 Å². The Hall–Kier alpha value is -0.760. The molecule has 1 unspecified atom stereocenters. The Labute approximate surface area is 74.9 Å². The zero-order valence-electron chi connectivity index (χ0n) is 7.14. The van der Waals surface area contributed by atoms with Gasteiger partial charge in [0.05, 0.1) is 6.07 Å². The van der Waals surface area contributed by atoms with Gasteiger partial charge in [0.1, 0.15) is 0 Å². The van der Waals surface area contributed by atoms with Gasteiger partial charge in [0.2, 0.25) is 0 Å². The largest absolute Gasteiger partial charge is 0.417 e. The van der Waals surface area contributed by atoms with E-state index < -0.39 is 12.2 Å². The van der Waals surface area contributed by atoms with Crippen molar-refractivity contribution >= 4 is 0 Å². The van der Waals surface area contributed by atoms with Gasteiger partial charge in [-0.2, -0.15) is 18.4 Å². The first-order valence-electron chi connectivity index (χ1n) is 4.26. The van der Waals surface area contributed by atoms with Crippen molar-refractivity contribution < 1.29 is 13.2 Å². The number of halogens is 3. The van der Waals surface area contributed by atoms with Gasteiger partial charge in [-0.1, -0.05) is 6.42 Å². The van der Waals surface area contributed by atoms with E-state index in [0.717, 1.165) is 19.3 Å². The number of nitrogens with zero attached hydrogens (tertiary/aromatic N) is 2. The van der Waals surface area contributed by atoms with Crippen molar-refractivity contribution in [3.8, 4) is 6.07 Å². The summed E-state index contributed by atoms with van der Waals surface area (Å²) in [5, 5.41) is 8.40. The molecule has 1 heterocycles. The first kappa shape index (κ1) is 10.3. The van der Waals surface area contributed by atoms with Crippen molar-refractivity contribution in [1.82, 2.24) is 4.90 Å². The molecule has 0 aromatic heterocycles. The summed E-state index contributed by atoms with van der Waals surface area (Å²) in [5.74, 6) is 0. The van der Waals surface area contributed by atoms with E-state index in [1.807, 2.05) is 0 Å². The van der Waals surface area contributed by atoms with Crippen molar-refractivity contribution in [2.75, 3.05) is 13.1 Å². The summed E-state index contributed by atoms with van der Waals surface area (Å²) in [4.78, 5) is 1.21. The van der Waals surface area contributed by atoms with E-state index in [2.05, 4.69) is 0 Å². The van der Waals surface area contributed by atoms with E-state index in [1.165, 1.54) is 11.0 Å². The van der Waals surface area contributed by atoms with Gasteiger partial charge in [-0.3, -0.25) is 4.90 Å². The van der Waals surface area contributed by atoms with Gasteiger partial charge in [-0.05, 0) is 25.9 Å². The zero-order valence-corrected chi connectivity index (χ0v) is 7.14. The molecule has 0 aromatic rings. The molecule has 1 fully saturated rings. The number of hydrogen-bond acceptors (Lipinski definition) is 2. The van der Waals surface area contributed by atoms with Crippen LogP contribution < -0.4 is 0 Å². The predicted octanol–water partition coefficient (Wildman–Crippen LogP) is 1.93. The molecule has 0 N–H and O–H groups in total. The quantitative estimate of drug-likeness (QED) is 0.634. The molecule has 0 amide bonds. The molecule has 0 aliphatic carbocycles. The highest BCUT2D eigenvalue weighted by Crippen LogP contribution is 2.26. The molecule has 0 radical (unpaired) electrons. The van der Waals surface area contributed by atoms with Gasteiger partial charge in [0.15, 0.2) is 6.04 Å². The highest BCUT2D eigenvalue weighted by molar-refractivity contribution is 4.97. The normalized spacial score (nSPS) is 22.3. The van der Waals surface area contributed by atoms with Crippen molar-refractivity contribution in [1.29, 1.82) is 5.26 Å². The summed E-state index contributed by atoms with van der Waals surface area (Å²) in [5.41, 5.74) is 0. The molecule has 5 heteroatoms. The van der Waals surface area contributed by atoms with Gasteiger partial charge in [-0.25, -0.2) is 0 Å². The van der Waals surface area contributed by atoms with Crippen LogP contribution in [-0.4, -0.2) is 30.2 Å². The van der Waals surface area contributed by atoms with Crippen LogP contribution in [0.1, 0.15) is 19.3 Å². The molecule has 2 nitrogen and oxygen atoms in total. The van der Waals surface area contributed by atoms with Crippen LogP contribution in [0.3, 0.4) is 0 Å². The number of likely N-dealkylation sites (tertiary alicyclic amines) is 1. The Morgan fingerprint density at radius 2 is 1.69 bits per heavy atom. The lowest BCUT2D eigenvalue weighted by molar-refractivity contribution is -0.169. The SMILES string of the molecule is N#CC(N1CCCCC1)C(F)(F)F. The maximum atomic E-state index is 12.2. The summed E-state index contributed by atoms with van der Waals surface area (Å²) < 4.78 is 36.7. The lowest BCUT2D eigenvalue weighted by Crippen LogP contribution is -2.47. The molecule has 0 saturated carbocycles. The molecular formula is C8H11F3N2. The van der Waals surface area contributed by atoms with Crippen LogP contribution in [0.4, 0.5) is 13.2 Å². The maximum Gasteiger partial charge on any atom is 0.417 e. The smallest absolute Gasteiger partial charge is 0.280 e. The average molecular weight is 192 g/mol. The minimum atomic E-state index is -4.41. The molecule has 1 rings (SSSR count). The second-order valence-corrected chi connectivity index (χ2v) is 3.17. The number of hydrogen-bond donors (Lipinski definition) is 0. The Balaban J connectivity index is 2.61. The van der Waals surface area contributed by atoms with Crippen molar-refractivity contribution in [3.05, 3.63) is 0 Å². The van der Waals surface area contributed by atoms with Crippen LogP contribution in [0.25, 0.3) is 0 Å². The number of piperidine rings is 1. The van der Waals surface area contributed by atoms with Crippen molar-refractivity contribution in [2.45, 2.75) is 31.5 Å². The molecule has 74 valence electrons. The van der Waals surface area contributed by atoms with E-state index in [4.69, 9.17) is 5.26 Å². The maximum absolute atomic E-state index is 12.2. The van der Waals surface area contributed by atoms with E-state index in [1.54, 1.807) is 0 Å². The van der Waals surface area contributed by atoms with Crippen LogP contribution in [0, 0.1) is 11.3 Å². The van der Waals surface area contributed by atoms with Crippen molar-refractivity contribution in [2.24, 2.45) is 0 Å². The second-order valence-electron chi connectivity index (χ2n) is 3.17. The van der Waals surface area contributed by atoms with Crippen LogP contribution in [0.15, 0.2) is 0 Å². The Morgan fingerprint density at radius 1 is 1.15 bits per heavy atom. The molecule has 1 aliphatic rings. The predicted molar refractivity (Wildman–Crippen MR) is 40.9 cm³/mol. The molecule has 13 heavy (non-hydrogen) atoms. The monoisotopic (exact) mass is 192 g/mol. The van der Waals surface area contributed by atoms with E-state index in [-0.39, 0.29) is 0 Å². The van der Waals surface area contributed by atoms with Crippen molar-refractivity contribution in [3.63, 3.8) is 0 Å². The first-order valence-corrected chi connectivity index (χ1v) is 4.26. The summed E-state index contributed by atoms with van der Waals surface area (Å²) in [7, 11) is 0. The molecule has 1 aliphatic heterocycles. The van der Waals surface area contributed by atoms with Gasteiger partial charge in [-0.15, -0.1) is 0 Å². The van der Waals surface area contributed by atoms with Gasteiger partial charge in [0, 0.05) is 0 Å². The van der Waals surface area contributed by atoms with Crippen LogP contribution in [0.2, 0.25) is 0 Å². The molecule has 1 atom stereocenters.